The number of aromatic nitrogens is 3. The minimum absolute atomic E-state index is 0.00358. The average Bonchev–Trinajstić information content (AvgIpc) is 3.34. The van der Waals surface area contributed by atoms with E-state index in [9.17, 15) is 18.4 Å². The lowest BCUT2D eigenvalue weighted by Crippen LogP contribution is -2.58. The van der Waals surface area contributed by atoms with Gasteiger partial charge >= 0.3 is 0 Å². The molecule has 2 amide bonds. The van der Waals surface area contributed by atoms with Crippen LogP contribution in [0.2, 0.25) is 0 Å². The largest absolute Gasteiger partial charge is 0.355 e. The molecule has 5 rings (SSSR count). The zero-order valence-electron chi connectivity index (χ0n) is 20.4. The summed E-state index contributed by atoms with van der Waals surface area (Å²) in [5.74, 6) is -2.24. The van der Waals surface area contributed by atoms with Crippen molar-refractivity contribution in [1.82, 2.24) is 30.7 Å². The third-order valence-corrected chi connectivity index (χ3v) is 7.16. The van der Waals surface area contributed by atoms with Crippen LogP contribution in [0.4, 0.5) is 8.78 Å². The molecule has 37 heavy (non-hydrogen) atoms. The highest BCUT2D eigenvalue weighted by Gasteiger charge is 2.39. The first kappa shape index (κ1) is 24.9. The van der Waals surface area contributed by atoms with Crippen molar-refractivity contribution in [3.8, 4) is 11.3 Å². The van der Waals surface area contributed by atoms with Crippen LogP contribution in [0.15, 0.2) is 47.2 Å². The van der Waals surface area contributed by atoms with Gasteiger partial charge in [0.25, 0.3) is 5.91 Å². The van der Waals surface area contributed by atoms with Crippen LogP contribution >= 0.6 is 0 Å². The minimum atomic E-state index is -0.820. The topological polar surface area (TPSA) is 113 Å². The molecule has 2 N–H and O–H groups in total. The summed E-state index contributed by atoms with van der Waals surface area (Å²) < 4.78 is 32.5. The number of carbonyl (C=O) groups is 2. The molecule has 0 unspecified atom stereocenters. The molecule has 3 atom stereocenters. The van der Waals surface area contributed by atoms with E-state index in [-0.39, 0.29) is 22.9 Å². The molecule has 0 spiro atoms. The highest BCUT2D eigenvalue weighted by atomic mass is 19.1. The van der Waals surface area contributed by atoms with E-state index in [0.717, 1.165) is 31.5 Å². The number of amides is 2. The molecule has 194 valence electrons. The summed E-state index contributed by atoms with van der Waals surface area (Å²) >= 11 is 0. The molecule has 3 heterocycles. The van der Waals surface area contributed by atoms with Gasteiger partial charge < -0.3 is 15.2 Å². The summed E-state index contributed by atoms with van der Waals surface area (Å²) in [6.07, 6.45) is 7.24. The van der Waals surface area contributed by atoms with Crippen molar-refractivity contribution >= 4 is 11.8 Å². The van der Waals surface area contributed by atoms with Crippen LogP contribution in [0.25, 0.3) is 11.3 Å². The molecule has 1 aliphatic carbocycles. The minimum Gasteiger partial charge on any atom is -0.355 e. The fraction of sp³-hybridized carbons (Fsp3) is 0.423. The lowest BCUT2D eigenvalue weighted by Gasteiger charge is -2.45. The molecule has 1 aliphatic heterocycles. The van der Waals surface area contributed by atoms with Crippen LogP contribution in [-0.4, -0.2) is 57.0 Å². The molecule has 3 aromatic rings. The number of nitrogens with one attached hydrogen (secondary N) is 2. The number of likely N-dealkylation sites (tertiary alicyclic amines) is 1. The Bertz CT molecular complexity index is 1270. The monoisotopic (exact) mass is 510 g/mol. The lowest BCUT2D eigenvalue weighted by atomic mass is 9.85. The molecule has 0 radical (unpaired) electrons. The van der Waals surface area contributed by atoms with Gasteiger partial charge in [-0.3, -0.25) is 14.5 Å². The number of carbonyl (C=O) groups excluding carboxylic acids is 2. The molecule has 1 saturated heterocycles. The maximum absolute atomic E-state index is 14.1. The second kappa shape index (κ2) is 10.7. The van der Waals surface area contributed by atoms with Gasteiger partial charge in [0.1, 0.15) is 17.5 Å². The number of piperidine rings is 1. The van der Waals surface area contributed by atoms with Crippen LogP contribution < -0.4 is 10.6 Å². The van der Waals surface area contributed by atoms with Gasteiger partial charge in [-0.15, -0.1) is 0 Å². The Balaban J connectivity index is 1.30. The number of nitrogens with zero attached hydrogens (tertiary/aromatic N) is 4. The molecule has 1 saturated carbocycles. The van der Waals surface area contributed by atoms with Gasteiger partial charge in [-0.25, -0.2) is 18.7 Å². The quantitative estimate of drug-likeness (QED) is 0.502. The van der Waals surface area contributed by atoms with Gasteiger partial charge in [0.2, 0.25) is 5.91 Å². The molecule has 9 nitrogen and oxygen atoms in total. The van der Waals surface area contributed by atoms with Crippen molar-refractivity contribution in [3.63, 3.8) is 0 Å². The third-order valence-electron chi connectivity index (χ3n) is 7.16. The molecule has 2 fully saturated rings. The third kappa shape index (κ3) is 5.51. The van der Waals surface area contributed by atoms with E-state index in [1.54, 1.807) is 18.5 Å². The van der Waals surface area contributed by atoms with Gasteiger partial charge in [-0.05, 0) is 44.4 Å². The zero-order valence-corrected chi connectivity index (χ0v) is 20.4. The molecule has 2 aromatic heterocycles. The van der Waals surface area contributed by atoms with E-state index in [1.165, 1.54) is 18.6 Å². The standard InChI is InChI=1S/C26H28F2N6O3/c1-15(24-29-9-3-10-30-24)31-25(35)19-14-34(17-4-2-5-17)11-8-21(19)32-26(36)22-13-23(37-33-22)18-7-6-16(27)12-20(18)28/h3,6-7,9-10,12-13,15,17,19,21H,2,4-5,8,11,14H2,1H3,(H,31,35)(H,32,36)/t15-,19-,21-/m0/s1. The summed E-state index contributed by atoms with van der Waals surface area (Å²) in [6.45, 7) is 3.11. The van der Waals surface area contributed by atoms with Crippen molar-refractivity contribution in [2.24, 2.45) is 5.92 Å². The number of hydrogen-bond acceptors (Lipinski definition) is 7. The SMILES string of the molecule is C[C@H](NC(=O)[C@H]1CN(C2CCC2)CC[C@@H]1NC(=O)c1cc(-c2ccc(F)cc2F)on1)c1ncccn1. The molecular weight excluding hydrogens is 482 g/mol. The van der Waals surface area contributed by atoms with E-state index >= 15 is 0 Å². The number of hydrogen-bond donors (Lipinski definition) is 2. The van der Waals surface area contributed by atoms with Crippen LogP contribution in [0, 0.1) is 17.6 Å². The Labute approximate surface area is 212 Å². The second-order valence-electron chi connectivity index (χ2n) is 9.59. The molecule has 11 heteroatoms. The normalized spacial score (nSPS) is 21.2. The summed E-state index contributed by atoms with van der Waals surface area (Å²) in [6, 6.07) is 5.70. The Morgan fingerprint density at radius 1 is 1.14 bits per heavy atom. The first-order chi connectivity index (χ1) is 17.9. The molecule has 1 aromatic carbocycles. The number of rotatable bonds is 7. The smallest absolute Gasteiger partial charge is 0.273 e. The van der Waals surface area contributed by atoms with Gasteiger partial charge in [-0.2, -0.15) is 0 Å². The van der Waals surface area contributed by atoms with E-state index in [4.69, 9.17) is 4.52 Å². The molecule has 2 aliphatic rings. The zero-order chi connectivity index (χ0) is 25.9. The maximum Gasteiger partial charge on any atom is 0.273 e. The van der Waals surface area contributed by atoms with Gasteiger partial charge in [0, 0.05) is 49.7 Å². The van der Waals surface area contributed by atoms with Crippen molar-refractivity contribution in [2.75, 3.05) is 13.1 Å². The van der Waals surface area contributed by atoms with E-state index in [2.05, 4.69) is 30.7 Å². The Hall–Kier alpha value is -3.73. The fourth-order valence-corrected chi connectivity index (χ4v) is 4.86. The summed E-state index contributed by atoms with van der Waals surface area (Å²) in [4.78, 5) is 37.2. The van der Waals surface area contributed by atoms with E-state index in [1.807, 2.05) is 6.92 Å². The molecular formula is C26H28F2N6O3. The molecule has 0 bridgehead atoms. The van der Waals surface area contributed by atoms with E-state index < -0.39 is 35.5 Å². The lowest BCUT2D eigenvalue weighted by molar-refractivity contribution is -0.129. The summed E-state index contributed by atoms with van der Waals surface area (Å²) in [5, 5.41) is 9.69. The highest BCUT2D eigenvalue weighted by molar-refractivity contribution is 5.94. The Morgan fingerprint density at radius 2 is 1.92 bits per heavy atom. The average molecular weight is 511 g/mol. The van der Waals surface area contributed by atoms with Gasteiger partial charge in [-0.1, -0.05) is 11.6 Å². The predicted octanol–water partition coefficient (Wildman–Crippen LogP) is 3.26. The fourth-order valence-electron chi connectivity index (χ4n) is 4.86. The number of halogens is 2. The van der Waals surface area contributed by atoms with Crippen LogP contribution in [0.1, 0.15) is 55.0 Å². The van der Waals surface area contributed by atoms with Crippen LogP contribution in [0.5, 0.6) is 0 Å². The van der Waals surface area contributed by atoms with Crippen molar-refractivity contribution < 1.29 is 22.9 Å². The predicted molar refractivity (Wildman–Crippen MR) is 129 cm³/mol. The van der Waals surface area contributed by atoms with Gasteiger partial charge in [0.15, 0.2) is 11.5 Å². The Morgan fingerprint density at radius 3 is 2.62 bits per heavy atom. The van der Waals surface area contributed by atoms with Crippen molar-refractivity contribution in [1.29, 1.82) is 0 Å². The maximum atomic E-state index is 14.1. The van der Waals surface area contributed by atoms with Crippen LogP contribution in [0.3, 0.4) is 0 Å². The van der Waals surface area contributed by atoms with Crippen LogP contribution in [-0.2, 0) is 4.79 Å². The second-order valence-corrected chi connectivity index (χ2v) is 9.59. The summed E-state index contributed by atoms with van der Waals surface area (Å²) in [7, 11) is 0. The first-order valence-corrected chi connectivity index (χ1v) is 12.4. The van der Waals surface area contributed by atoms with Crippen molar-refractivity contribution in [2.45, 2.75) is 50.7 Å². The van der Waals surface area contributed by atoms with E-state index in [0.29, 0.717) is 24.8 Å². The summed E-state index contributed by atoms with van der Waals surface area (Å²) in [5.41, 5.74) is -0.0542. The highest BCUT2D eigenvalue weighted by Crippen LogP contribution is 2.30. The Kier molecular flexibility index (Phi) is 7.22. The van der Waals surface area contributed by atoms with Gasteiger partial charge in [0.05, 0.1) is 17.5 Å². The first-order valence-electron chi connectivity index (χ1n) is 12.4. The van der Waals surface area contributed by atoms with Crippen molar-refractivity contribution in [3.05, 3.63) is 65.9 Å². The number of benzene rings is 1.